The van der Waals surface area contributed by atoms with Crippen molar-refractivity contribution >= 4 is 30.5 Å². The second kappa shape index (κ2) is 6.88. The molecule has 2 rings (SSSR count). The van der Waals surface area contributed by atoms with E-state index < -0.39 is 0 Å². The molecule has 0 unspecified atom stereocenters. The van der Waals surface area contributed by atoms with Gasteiger partial charge in [0.15, 0.2) is 0 Å². The molecule has 0 amide bonds. The lowest BCUT2D eigenvalue weighted by Crippen LogP contribution is -2.18. The minimum Gasteiger partial charge on any atom is -0.370 e. The predicted molar refractivity (Wildman–Crippen MR) is 68.1 cm³/mol. The molecule has 0 radical (unpaired) electrons. The van der Waals surface area contributed by atoms with E-state index >= 15 is 0 Å². The normalized spacial score (nSPS) is 14.3. The monoisotopic (exact) mass is 249 g/mol. The van der Waals surface area contributed by atoms with E-state index in [4.69, 9.17) is 5.73 Å². The van der Waals surface area contributed by atoms with Crippen LogP contribution in [0.5, 0.6) is 0 Å². The maximum absolute atomic E-state index is 5.56. The summed E-state index contributed by atoms with van der Waals surface area (Å²) in [6.07, 6.45) is 6.35. The van der Waals surface area contributed by atoms with E-state index in [9.17, 15) is 0 Å². The molecule has 5 heteroatoms. The van der Waals surface area contributed by atoms with Crippen LogP contribution < -0.4 is 10.6 Å². The molecule has 1 aromatic rings. The van der Waals surface area contributed by atoms with Crippen LogP contribution in [0.2, 0.25) is 0 Å². The molecule has 0 spiro atoms. The molecule has 0 aliphatic carbocycles. The van der Waals surface area contributed by atoms with Gasteiger partial charge < -0.3 is 10.6 Å². The molecular formula is C10H17Cl2N3. The number of halogens is 2. The molecule has 0 saturated carbocycles. The van der Waals surface area contributed by atoms with Crippen molar-refractivity contribution in [2.75, 3.05) is 18.0 Å². The van der Waals surface area contributed by atoms with Gasteiger partial charge in [-0.25, -0.2) is 0 Å². The van der Waals surface area contributed by atoms with E-state index in [1.807, 2.05) is 12.4 Å². The first-order valence-electron chi connectivity index (χ1n) is 4.79. The first kappa shape index (κ1) is 14.5. The Hall–Kier alpha value is -0.510. The van der Waals surface area contributed by atoms with Gasteiger partial charge in [0.05, 0.1) is 11.9 Å². The van der Waals surface area contributed by atoms with E-state index in [-0.39, 0.29) is 24.8 Å². The third-order valence-electron chi connectivity index (χ3n) is 2.49. The van der Waals surface area contributed by atoms with Gasteiger partial charge in [-0.15, -0.1) is 24.8 Å². The topological polar surface area (TPSA) is 42.1 Å². The number of anilines is 1. The lowest BCUT2D eigenvalue weighted by atomic mass is 10.2. The number of nitrogens with zero attached hydrogens (tertiary/aromatic N) is 2. The van der Waals surface area contributed by atoms with Crippen LogP contribution in [0.15, 0.2) is 18.5 Å². The SMILES string of the molecule is Cl.Cl.NCc1cncc(N2CCCC2)c1. The molecule has 0 bridgehead atoms. The molecule has 1 fully saturated rings. The Morgan fingerprint density at radius 1 is 1.20 bits per heavy atom. The fraction of sp³-hybridized carbons (Fsp3) is 0.500. The second-order valence-electron chi connectivity index (χ2n) is 3.45. The Balaban J connectivity index is 0.000000980. The average molecular weight is 250 g/mol. The van der Waals surface area contributed by atoms with E-state index in [0.717, 1.165) is 18.7 Å². The lowest BCUT2D eigenvalue weighted by molar-refractivity contribution is 0.949. The molecule has 1 saturated heterocycles. The number of pyridine rings is 1. The zero-order valence-corrected chi connectivity index (χ0v) is 10.2. The summed E-state index contributed by atoms with van der Waals surface area (Å²) < 4.78 is 0. The Bertz CT molecular complexity index is 288. The highest BCUT2D eigenvalue weighted by Crippen LogP contribution is 2.19. The van der Waals surface area contributed by atoms with Crippen molar-refractivity contribution in [3.05, 3.63) is 24.0 Å². The maximum atomic E-state index is 5.56. The summed E-state index contributed by atoms with van der Waals surface area (Å²) in [6.45, 7) is 2.90. The van der Waals surface area contributed by atoms with Gasteiger partial charge in [-0.3, -0.25) is 4.98 Å². The summed E-state index contributed by atoms with van der Waals surface area (Å²) >= 11 is 0. The summed E-state index contributed by atoms with van der Waals surface area (Å²) in [4.78, 5) is 6.55. The van der Waals surface area contributed by atoms with Crippen LogP contribution in [-0.4, -0.2) is 18.1 Å². The van der Waals surface area contributed by atoms with Crippen LogP contribution in [0.3, 0.4) is 0 Å². The van der Waals surface area contributed by atoms with Crippen LogP contribution in [0, 0.1) is 0 Å². The van der Waals surface area contributed by atoms with Crippen molar-refractivity contribution in [3.8, 4) is 0 Å². The fourth-order valence-corrected chi connectivity index (χ4v) is 1.73. The van der Waals surface area contributed by atoms with E-state index in [1.54, 1.807) is 0 Å². The minimum atomic E-state index is 0. The highest BCUT2D eigenvalue weighted by molar-refractivity contribution is 5.85. The van der Waals surface area contributed by atoms with Crippen LogP contribution in [0.1, 0.15) is 18.4 Å². The van der Waals surface area contributed by atoms with Gasteiger partial charge in [-0.05, 0) is 24.5 Å². The maximum Gasteiger partial charge on any atom is 0.0555 e. The van der Waals surface area contributed by atoms with Crippen molar-refractivity contribution in [2.24, 2.45) is 5.73 Å². The van der Waals surface area contributed by atoms with Crippen LogP contribution >= 0.6 is 24.8 Å². The van der Waals surface area contributed by atoms with Crippen LogP contribution in [-0.2, 0) is 6.54 Å². The van der Waals surface area contributed by atoms with Gasteiger partial charge >= 0.3 is 0 Å². The molecule has 1 aliphatic heterocycles. The van der Waals surface area contributed by atoms with Crippen molar-refractivity contribution in [2.45, 2.75) is 19.4 Å². The summed E-state index contributed by atoms with van der Waals surface area (Å²) in [5.41, 5.74) is 7.90. The Kier molecular flexibility index (Phi) is 6.65. The first-order valence-corrected chi connectivity index (χ1v) is 4.79. The van der Waals surface area contributed by atoms with Crippen molar-refractivity contribution < 1.29 is 0 Å². The van der Waals surface area contributed by atoms with Crippen molar-refractivity contribution in [1.29, 1.82) is 0 Å². The molecule has 2 heterocycles. The Morgan fingerprint density at radius 3 is 2.47 bits per heavy atom. The molecule has 0 aromatic carbocycles. The minimum absolute atomic E-state index is 0. The molecular weight excluding hydrogens is 233 g/mol. The van der Waals surface area contributed by atoms with Gasteiger partial charge in [0.25, 0.3) is 0 Å². The number of hydrogen-bond acceptors (Lipinski definition) is 3. The van der Waals surface area contributed by atoms with Crippen LogP contribution in [0.4, 0.5) is 5.69 Å². The van der Waals surface area contributed by atoms with Gasteiger partial charge in [-0.2, -0.15) is 0 Å². The molecule has 0 atom stereocenters. The molecule has 1 aliphatic rings. The molecule has 3 nitrogen and oxygen atoms in total. The fourth-order valence-electron chi connectivity index (χ4n) is 1.73. The number of hydrogen-bond donors (Lipinski definition) is 1. The second-order valence-corrected chi connectivity index (χ2v) is 3.45. The lowest BCUT2D eigenvalue weighted by Gasteiger charge is -2.17. The number of rotatable bonds is 2. The van der Waals surface area contributed by atoms with Gasteiger partial charge in [-0.1, -0.05) is 0 Å². The first-order chi connectivity index (χ1) is 6.40. The van der Waals surface area contributed by atoms with E-state index in [2.05, 4.69) is 16.0 Å². The average Bonchev–Trinajstić information content (AvgIpc) is 2.71. The quantitative estimate of drug-likeness (QED) is 0.872. The summed E-state index contributed by atoms with van der Waals surface area (Å²) in [7, 11) is 0. The highest BCUT2D eigenvalue weighted by Gasteiger charge is 2.12. The summed E-state index contributed by atoms with van der Waals surface area (Å²) in [5.74, 6) is 0. The third kappa shape index (κ3) is 3.52. The third-order valence-corrected chi connectivity index (χ3v) is 2.49. The number of nitrogens with two attached hydrogens (primary N) is 1. The Morgan fingerprint density at radius 2 is 1.87 bits per heavy atom. The smallest absolute Gasteiger partial charge is 0.0555 e. The molecule has 2 N–H and O–H groups in total. The summed E-state index contributed by atoms with van der Waals surface area (Å²) in [5, 5.41) is 0. The molecule has 15 heavy (non-hydrogen) atoms. The summed E-state index contributed by atoms with van der Waals surface area (Å²) in [6, 6.07) is 2.14. The van der Waals surface area contributed by atoms with E-state index in [1.165, 1.54) is 18.5 Å². The van der Waals surface area contributed by atoms with Crippen LogP contribution in [0.25, 0.3) is 0 Å². The van der Waals surface area contributed by atoms with E-state index in [0.29, 0.717) is 6.54 Å². The zero-order chi connectivity index (χ0) is 9.10. The van der Waals surface area contributed by atoms with Gasteiger partial charge in [0, 0.05) is 25.8 Å². The predicted octanol–water partition coefficient (Wildman–Crippen LogP) is 1.98. The van der Waals surface area contributed by atoms with Gasteiger partial charge in [0.2, 0.25) is 0 Å². The van der Waals surface area contributed by atoms with Crippen molar-refractivity contribution in [3.63, 3.8) is 0 Å². The van der Waals surface area contributed by atoms with Gasteiger partial charge in [0.1, 0.15) is 0 Å². The molecule has 1 aromatic heterocycles. The molecule has 86 valence electrons. The Labute approximate surface area is 103 Å². The largest absolute Gasteiger partial charge is 0.370 e. The van der Waals surface area contributed by atoms with Crippen molar-refractivity contribution in [1.82, 2.24) is 4.98 Å². The number of aromatic nitrogens is 1. The highest BCUT2D eigenvalue weighted by atomic mass is 35.5. The standard InChI is InChI=1S/C10H15N3.2ClH/c11-6-9-5-10(8-12-7-9)13-3-1-2-4-13;;/h5,7-8H,1-4,6,11H2;2*1H. The zero-order valence-electron chi connectivity index (χ0n) is 8.56.